The number of carbonyl (C=O) groups excluding carboxylic acids is 1. The summed E-state index contributed by atoms with van der Waals surface area (Å²) in [6.45, 7) is 2.60. The fourth-order valence-corrected chi connectivity index (χ4v) is 4.46. The second-order valence-electron chi connectivity index (χ2n) is 5.35. The van der Waals surface area contributed by atoms with Gasteiger partial charge in [0.15, 0.2) is 0 Å². The molecule has 116 valence electrons. The van der Waals surface area contributed by atoms with Gasteiger partial charge in [-0.15, -0.1) is 11.3 Å². The first-order chi connectivity index (χ1) is 10.6. The zero-order chi connectivity index (χ0) is 15.5. The molecule has 0 spiro atoms. The highest BCUT2D eigenvalue weighted by atomic mass is 32.2. The Morgan fingerprint density at radius 3 is 3.09 bits per heavy atom. The van der Waals surface area contributed by atoms with Gasteiger partial charge in [0.2, 0.25) is 5.91 Å². The molecular formula is C16H18N2O2S2. The molecule has 1 N–H and O–H groups in total. The van der Waals surface area contributed by atoms with E-state index in [9.17, 15) is 9.90 Å². The maximum Gasteiger partial charge on any atom is 0.227 e. The van der Waals surface area contributed by atoms with Crippen LogP contribution in [0.4, 0.5) is 0 Å². The van der Waals surface area contributed by atoms with Crippen molar-refractivity contribution in [2.24, 2.45) is 0 Å². The van der Waals surface area contributed by atoms with E-state index in [-0.39, 0.29) is 17.7 Å². The minimum Gasteiger partial charge on any atom is -0.508 e. The van der Waals surface area contributed by atoms with Gasteiger partial charge in [0.25, 0.3) is 0 Å². The number of aryl methyl sites for hydroxylation is 1. The van der Waals surface area contributed by atoms with Gasteiger partial charge in [-0.3, -0.25) is 4.79 Å². The van der Waals surface area contributed by atoms with Crippen molar-refractivity contribution in [3.63, 3.8) is 0 Å². The molecule has 2 aromatic rings. The number of hydrogen-bond donors (Lipinski definition) is 1. The summed E-state index contributed by atoms with van der Waals surface area (Å²) in [5.74, 6) is 2.21. The Labute approximate surface area is 138 Å². The summed E-state index contributed by atoms with van der Waals surface area (Å²) in [6.07, 6.45) is 2.11. The molecule has 1 saturated heterocycles. The van der Waals surface area contributed by atoms with Gasteiger partial charge in [-0.05, 0) is 24.1 Å². The molecule has 22 heavy (non-hydrogen) atoms. The fraction of sp³-hybridized carbons (Fsp3) is 0.375. The van der Waals surface area contributed by atoms with Crippen LogP contribution in [0.3, 0.4) is 0 Å². The van der Waals surface area contributed by atoms with Gasteiger partial charge in [-0.2, -0.15) is 11.8 Å². The lowest BCUT2D eigenvalue weighted by Crippen LogP contribution is -2.41. The van der Waals surface area contributed by atoms with Crippen LogP contribution in [0.25, 0.3) is 0 Å². The Balaban J connectivity index is 1.75. The lowest BCUT2D eigenvalue weighted by atomic mass is 10.1. The van der Waals surface area contributed by atoms with Gasteiger partial charge in [0.05, 0.1) is 12.5 Å². The summed E-state index contributed by atoms with van der Waals surface area (Å²) in [6, 6.07) is 5.52. The average molecular weight is 334 g/mol. The third-order valence-corrected chi connectivity index (χ3v) is 5.71. The highest BCUT2D eigenvalue weighted by Gasteiger charge is 2.29. The third kappa shape index (κ3) is 3.28. The molecule has 4 nitrogen and oxygen atoms in total. The molecule has 0 saturated carbocycles. The number of aromatic hydroxyl groups is 1. The number of aromatic nitrogens is 1. The highest BCUT2D eigenvalue weighted by molar-refractivity contribution is 7.99. The lowest BCUT2D eigenvalue weighted by Gasteiger charge is -2.34. The van der Waals surface area contributed by atoms with Gasteiger partial charge in [0.1, 0.15) is 10.8 Å². The van der Waals surface area contributed by atoms with Crippen molar-refractivity contribution in [2.75, 3.05) is 18.1 Å². The highest BCUT2D eigenvalue weighted by Crippen LogP contribution is 2.31. The van der Waals surface area contributed by atoms with Gasteiger partial charge < -0.3 is 10.0 Å². The number of amides is 1. The average Bonchev–Trinajstić information content (AvgIpc) is 3.05. The van der Waals surface area contributed by atoms with E-state index in [1.807, 2.05) is 41.1 Å². The number of carbonyl (C=O) groups is 1. The zero-order valence-electron chi connectivity index (χ0n) is 12.4. The predicted octanol–water partition coefficient (Wildman–Crippen LogP) is 3.02. The van der Waals surface area contributed by atoms with Crippen LogP contribution in [0.15, 0.2) is 29.8 Å². The molecule has 0 aliphatic carbocycles. The lowest BCUT2D eigenvalue weighted by molar-refractivity contribution is -0.132. The number of benzene rings is 1. The van der Waals surface area contributed by atoms with Crippen molar-refractivity contribution in [1.29, 1.82) is 0 Å². The monoisotopic (exact) mass is 334 g/mol. The molecule has 6 heteroatoms. The molecule has 1 aromatic carbocycles. The topological polar surface area (TPSA) is 53.4 Å². The number of thiazole rings is 1. The maximum atomic E-state index is 12.7. The van der Waals surface area contributed by atoms with Crippen LogP contribution in [-0.2, 0) is 11.2 Å². The van der Waals surface area contributed by atoms with Crippen molar-refractivity contribution in [3.05, 3.63) is 45.9 Å². The molecule has 1 amide bonds. The molecule has 1 unspecified atom stereocenters. The van der Waals surface area contributed by atoms with Crippen molar-refractivity contribution in [1.82, 2.24) is 9.88 Å². The SMILES string of the molecule is Cc1ccc(CC(=O)N2CCSCC2c2nccs2)cc1O. The van der Waals surface area contributed by atoms with E-state index in [0.717, 1.165) is 34.2 Å². The second kappa shape index (κ2) is 6.71. The number of phenols is 1. The van der Waals surface area contributed by atoms with E-state index < -0.39 is 0 Å². The molecule has 1 fully saturated rings. The first-order valence-corrected chi connectivity index (χ1v) is 9.23. The van der Waals surface area contributed by atoms with Gasteiger partial charge in [0, 0.05) is 29.6 Å². The van der Waals surface area contributed by atoms with Crippen LogP contribution in [-0.4, -0.2) is 38.9 Å². The standard InChI is InChI=1S/C16H18N2O2S2/c1-11-2-3-12(8-14(11)19)9-15(20)18-5-7-21-10-13(18)16-17-4-6-22-16/h2-4,6,8,13,19H,5,7,9-10H2,1H3. The van der Waals surface area contributed by atoms with E-state index in [0.29, 0.717) is 6.42 Å². The quantitative estimate of drug-likeness (QED) is 0.937. The van der Waals surface area contributed by atoms with Crippen LogP contribution < -0.4 is 0 Å². The number of rotatable bonds is 3. The van der Waals surface area contributed by atoms with Crippen molar-refractivity contribution >= 4 is 29.0 Å². The summed E-state index contributed by atoms with van der Waals surface area (Å²) >= 11 is 3.47. The van der Waals surface area contributed by atoms with Crippen molar-refractivity contribution in [3.8, 4) is 5.75 Å². The maximum absolute atomic E-state index is 12.7. The summed E-state index contributed by atoms with van der Waals surface area (Å²) in [5, 5.41) is 12.7. The van der Waals surface area contributed by atoms with Crippen LogP contribution in [0.2, 0.25) is 0 Å². The van der Waals surface area contributed by atoms with E-state index in [1.165, 1.54) is 0 Å². The summed E-state index contributed by atoms with van der Waals surface area (Å²) in [7, 11) is 0. The number of nitrogens with zero attached hydrogens (tertiary/aromatic N) is 2. The van der Waals surface area contributed by atoms with Crippen molar-refractivity contribution in [2.45, 2.75) is 19.4 Å². The third-order valence-electron chi connectivity index (χ3n) is 3.81. The molecule has 0 radical (unpaired) electrons. The van der Waals surface area contributed by atoms with Crippen LogP contribution in [0.5, 0.6) is 5.75 Å². The Kier molecular flexibility index (Phi) is 4.69. The Hall–Kier alpha value is -1.53. The van der Waals surface area contributed by atoms with Crippen LogP contribution >= 0.6 is 23.1 Å². The zero-order valence-corrected chi connectivity index (χ0v) is 14.0. The van der Waals surface area contributed by atoms with E-state index >= 15 is 0 Å². The minimum absolute atomic E-state index is 0.0743. The predicted molar refractivity (Wildman–Crippen MR) is 90.4 cm³/mol. The van der Waals surface area contributed by atoms with Gasteiger partial charge in [-0.1, -0.05) is 12.1 Å². The van der Waals surface area contributed by atoms with E-state index in [1.54, 1.807) is 23.6 Å². The Morgan fingerprint density at radius 1 is 1.50 bits per heavy atom. The summed E-state index contributed by atoms with van der Waals surface area (Å²) in [5.41, 5.74) is 1.68. The molecular weight excluding hydrogens is 316 g/mol. The Morgan fingerprint density at radius 2 is 2.36 bits per heavy atom. The van der Waals surface area contributed by atoms with E-state index in [4.69, 9.17) is 0 Å². The molecule has 1 aliphatic heterocycles. The molecule has 0 bridgehead atoms. The number of phenolic OH excluding ortho intramolecular Hbond substituents is 1. The second-order valence-corrected chi connectivity index (χ2v) is 7.42. The van der Waals surface area contributed by atoms with Crippen LogP contribution in [0.1, 0.15) is 22.2 Å². The normalized spacial score (nSPS) is 18.4. The first kappa shape index (κ1) is 15.4. The molecule has 1 aliphatic rings. The Bertz CT molecular complexity index is 658. The van der Waals surface area contributed by atoms with Gasteiger partial charge in [-0.25, -0.2) is 4.98 Å². The fourth-order valence-electron chi connectivity index (χ4n) is 2.55. The van der Waals surface area contributed by atoms with E-state index in [2.05, 4.69) is 4.98 Å². The molecule has 3 rings (SSSR count). The smallest absolute Gasteiger partial charge is 0.227 e. The summed E-state index contributed by atoms with van der Waals surface area (Å²) in [4.78, 5) is 19.0. The van der Waals surface area contributed by atoms with Gasteiger partial charge >= 0.3 is 0 Å². The number of thioether (sulfide) groups is 1. The largest absolute Gasteiger partial charge is 0.508 e. The number of hydrogen-bond acceptors (Lipinski definition) is 5. The minimum atomic E-state index is 0.0743. The first-order valence-electron chi connectivity index (χ1n) is 7.20. The molecule has 1 aromatic heterocycles. The van der Waals surface area contributed by atoms with Crippen molar-refractivity contribution < 1.29 is 9.90 Å². The van der Waals surface area contributed by atoms with Crippen LogP contribution in [0, 0.1) is 6.92 Å². The molecule has 1 atom stereocenters. The summed E-state index contributed by atoms with van der Waals surface area (Å²) < 4.78 is 0. The molecule has 2 heterocycles.